The first-order chi connectivity index (χ1) is 15.2. The van der Waals surface area contributed by atoms with Crippen LogP contribution in [0.3, 0.4) is 0 Å². The van der Waals surface area contributed by atoms with Gasteiger partial charge in [-0.15, -0.1) is 0 Å². The van der Waals surface area contributed by atoms with Gasteiger partial charge in [-0.2, -0.15) is 0 Å². The SMILES string of the molecule is Cn1cnc2cc(-c3nccc(C(=O)Nc4cnccc4N4CCNCC4)n3)ccc21. The number of nitrogens with one attached hydrogen (secondary N) is 2. The number of fused-ring (bicyclic) bond motifs is 1. The normalized spacial score (nSPS) is 14.0. The maximum Gasteiger partial charge on any atom is 0.274 e. The Hall–Kier alpha value is -3.85. The molecule has 1 aliphatic heterocycles. The minimum Gasteiger partial charge on any atom is -0.367 e. The zero-order valence-electron chi connectivity index (χ0n) is 17.1. The van der Waals surface area contributed by atoms with Crippen LogP contribution in [0.2, 0.25) is 0 Å². The van der Waals surface area contributed by atoms with Crippen molar-refractivity contribution in [3.8, 4) is 11.4 Å². The van der Waals surface area contributed by atoms with E-state index < -0.39 is 0 Å². The summed E-state index contributed by atoms with van der Waals surface area (Å²) in [4.78, 5) is 32.6. The van der Waals surface area contributed by atoms with Crippen LogP contribution >= 0.6 is 0 Å². The van der Waals surface area contributed by atoms with Crippen LogP contribution < -0.4 is 15.5 Å². The number of aryl methyl sites for hydroxylation is 1. The summed E-state index contributed by atoms with van der Waals surface area (Å²) in [5.74, 6) is 0.181. The van der Waals surface area contributed by atoms with Crippen molar-refractivity contribution in [1.29, 1.82) is 0 Å². The first-order valence-electron chi connectivity index (χ1n) is 10.1. The van der Waals surface area contributed by atoms with E-state index in [1.807, 2.05) is 35.9 Å². The van der Waals surface area contributed by atoms with E-state index in [2.05, 4.69) is 35.5 Å². The first kappa shape index (κ1) is 19.1. The summed E-state index contributed by atoms with van der Waals surface area (Å²) in [6.07, 6.45) is 6.78. The molecule has 2 N–H and O–H groups in total. The molecule has 4 aromatic rings. The number of piperazine rings is 1. The number of hydrogen-bond donors (Lipinski definition) is 2. The van der Waals surface area contributed by atoms with E-state index in [0.717, 1.165) is 48.5 Å². The van der Waals surface area contributed by atoms with Gasteiger partial charge in [0.2, 0.25) is 0 Å². The molecule has 9 nitrogen and oxygen atoms in total. The molecule has 1 aromatic carbocycles. The summed E-state index contributed by atoms with van der Waals surface area (Å²) in [5, 5.41) is 6.30. The number of nitrogens with zero attached hydrogens (tertiary/aromatic N) is 6. The second-order valence-electron chi connectivity index (χ2n) is 7.41. The smallest absolute Gasteiger partial charge is 0.274 e. The van der Waals surface area contributed by atoms with Crippen molar-refractivity contribution >= 4 is 28.3 Å². The zero-order chi connectivity index (χ0) is 21.2. The molecular formula is C22H22N8O. The summed E-state index contributed by atoms with van der Waals surface area (Å²) >= 11 is 0. The van der Waals surface area contributed by atoms with Gasteiger partial charge in [-0.05, 0) is 30.3 Å². The largest absolute Gasteiger partial charge is 0.367 e. The maximum absolute atomic E-state index is 13.0. The maximum atomic E-state index is 13.0. The third-order valence-electron chi connectivity index (χ3n) is 5.38. The molecule has 3 aromatic heterocycles. The predicted molar refractivity (Wildman–Crippen MR) is 119 cm³/mol. The number of aromatic nitrogens is 5. The van der Waals surface area contributed by atoms with Crippen molar-refractivity contribution in [2.45, 2.75) is 0 Å². The van der Waals surface area contributed by atoms with Crippen LogP contribution in [0, 0.1) is 0 Å². The number of anilines is 2. The molecule has 156 valence electrons. The molecule has 0 aliphatic carbocycles. The molecule has 1 aliphatic rings. The Morgan fingerprint density at radius 1 is 1.10 bits per heavy atom. The van der Waals surface area contributed by atoms with Crippen molar-refractivity contribution < 1.29 is 4.79 Å². The Bertz CT molecular complexity index is 1250. The third-order valence-corrected chi connectivity index (χ3v) is 5.38. The van der Waals surface area contributed by atoms with Gasteiger partial charge in [-0.25, -0.2) is 15.0 Å². The molecule has 1 fully saturated rings. The van der Waals surface area contributed by atoms with Gasteiger partial charge < -0.3 is 20.1 Å². The highest BCUT2D eigenvalue weighted by atomic mass is 16.1. The van der Waals surface area contributed by atoms with Gasteiger partial charge in [0.15, 0.2) is 5.82 Å². The highest BCUT2D eigenvalue weighted by Gasteiger charge is 2.17. The minimum absolute atomic E-state index is 0.293. The third kappa shape index (κ3) is 3.82. The number of carbonyl (C=O) groups excluding carboxylic acids is 1. The van der Waals surface area contributed by atoms with Crippen molar-refractivity contribution in [3.05, 3.63) is 60.9 Å². The Balaban J connectivity index is 1.40. The second-order valence-corrected chi connectivity index (χ2v) is 7.41. The van der Waals surface area contributed by atoms with E-state index in [-0.39, 0.29) is 5.91 Å². The number of amides is 1. The molecule has 5 rings (SSSR count). The second kappa shape index (κ2) is 8.11. The molecule has 4 heterocycles. The molecule has 0 bridgehead atoms. The quantitative estimate of drug-likeness (QED) is 0.527. The van der Waals surface area contributed by atoms with Crippen LogP contribution in [0.5, 0.6) is 0 Å². The average Bonchev–Trinajstić information content (AvgIpc) is 3.20. The lowest BCUT2D eigenvalue weighted by Crippen LogP contribution is -2.43. The van der Waals surface area contributed by atoms with Crippen molar-refractivity contribution in [1.82, 2.24) is 29.8 Å². The van der Waals surface area contributed by atoms with Gasteiger partial charge in [0.05, 0.1) is 34.9 Å². The number of imidazole rings is 1. The molecule has 31 heavy (non-hydrogen) atoms. The standard InChI is InChI=1S/C22H22N8O/c1-29-14-26-17-12-15(2-3-19(17)29)21-25-7-4-16(27-21)22(31)28-18-13-24-6-5-20(18)30-10-8-23-9-11-30/h2-7,12-14,23H,8-11H2,1H3,(H,28,31). The summed E-state index contributed by atoms with van der Waals surface area (Å²) in [7, 11) is 1.95. The Kier molecular flexibility index (Phi) is 5.01. The molecule has 0 saturated carbocycles. The first-order valence-corrected chi connectivity index (χ1v) is 10.1. The van der Waals surface area contributed by atoms with Crippen molar-refractivity contribution in [2.75, 3.05) is 36.4 Å². The molecule has 0 atom stereocenters. The van der Waals surface area contributed by atoms with Gasteiger partial charge in [-0.3, -0.25) is 9.78 Å². The van der Waals surface area contributed by atoms with E-state index in [1.165, 1.54) is 0 Å². The Morgan fingerprint density at radius 3 is 2.84 bits per heavy atom. The molecule has 0 unspecified atom stereocenters. The Labute approximate surface area is 179 Å². The monoisotopic (exact) mass is 414 g/mol. The average molecular weight is 414 g/mol. The van der Waals surface area contributed by atoms with Gasteiger partial charge in [0, 0.05) is 51.2 Å². The van der Waals surface area contributed by atoms with Crippen LogP contribution in [0.15, 0.2) is 55.2 Å². The highest BCUT2D eigenvalue weighted by molar-refractivity contribution is 6.04. The predicted octanol–water partition coefficient (Wildman–Crippen LogP) is 2.09. The fourth-order valence-electron chi connectivity index (χ4n) is 3.75. The van der Waals surface area contributed by atoms with E-state index in [0.29, 0.717) is 17.2 Å². The molecule has 1 amide bonds. The van der Waals surface area contributed by atoms with Gasteiger partial charge in [0.1, 0.15) is 5.69 Å². The molecule has 9 heteroatoms. The number of benzene rings is 1. The van der Waals surface area contributed by atoms with Crippen LogP contribution in [0.4, 0.5) is 11.4 Å². The van der Waals surface area contributed by atoms with E-state index in [1.54, 1.807) is 31.0 Å². The van der Waals surface area contributed by atoms with Gasteiger partial charge in [-0.1, -0.05) is 0 Å². The fourth-order valence-corrected chi connectivity index (χ4v) is 3.75. The van der Waals surface area contributed by atoms with Gasteiger partial charge in [0.25, 0.3) is 5.91 Å². The zero-order valence-corrected chi connectivity index (χ0v) is 17.1. The van der Waals surface area contributed by atoms with Crippen LogP contribution in [0.25, 0.3) is 22.4 Å². The summed E-state index contributed by atoms with van der Waals surface area (Å²) in [6.45, 7) is 3.57. The lowest BCUT2D eigenvalue weighted by molar-refractivity contribution is 0.102. The van der Waals surface area contributed by atoms with Crippen LogP contribution in [0.1, 0.15) is 10.5 Å². The van der Waals surface area contributed by atoms with E-state index in [4.69, 9.17) is 0 Å². The molecule has 0 radical (unpaired) electrons. The number of carbonyl (C=O) groups is 1. The van der Waals surface area contributed by atoms with Crippen LogP contribution in [-0.4, -0.2) is 56.6 Å². The summed E-state index contributed by atoms with van der Waals surface area (Å²) in [5.41, 5.74) is 4.61. The molecule has 0 spiro atoms. The van der Waals surface area contributed by atoms with E-state index >= 15 is 0 Å². The molecule has 1 saturated heterocycles. The fraction of sp³-hybridized carbons (Fsp3) is 0.227. The van der Waals surface area contributed by atoms with Gasteiger partial charge >= 0.3 is 0 Å². The number of rotatable bonds is 4. The van der Waals surface area contributed by atoms with Crippen molar-refractivity contribution in [2.24, 2.45) is 7.05 Å². The lowest BCUT2D eigenvalue weighted by atomic mass is 10.2. The number of hydrogen-bond acceptors (Lipinski definition) is 7. The number of pyridine rings is 1. The highest BCUT2D eigenvalue weighted by Crippen LogP contribution is 2.26. The van der Waals surface area contributed by atoms with Crippen molar-refractivity contribution in [3.63, 3.8) is 0 Å². The van der Waals surface area contributed by atoms with Crippen LogP contribution in [-0.2, 0) is 7.05 Å². The Morgan fingerprint density at radius 2 is 1.97 bits per heavy atom. The summed E-state index contributed by atoms with van der Waals surface area (Å²) < 4.78 is 1.95. The topological polar surface area (TPSA) is 101 Å². The lowest BCUT2D eigenvalue weighted by Gasteiger charge is -2.30. The minimum atomic E-state index is -0.299. The van der Waals surface area contributed by atoms with E-state index in [9.17, 15) is 4.79 Å². The summed E-state index contributed by atoms with van der Waals surface area (Å²) in [6, 6.07) is 9.37. The molecular weight excluding hydrogens is 392 g/mol.